The smallest absolute Gasteiger partial charge is 0.253 e. The molecule has 4 heteroatoms. The standard InChI is InChI=1S/C21H26N2O2/c1-23(2)21(24)19-7-9-20(10-8-19)25-15-16-3-5-17(6-4-16)18-11-13-22-14-12-18/h3-10,18,22H,11-15H2,1-2H3. The van der Waals surface area contributed by atoms with Gasteiger partial charge in [0.2, 0.25) is 0 Å². The van der Waals surface area contributed by atoms with Gasteiger partial charge >= 0.3 is 0 Å². The first-order valence-electron chi connectivity index (χ1n) is 8.87. The van der Waals surface area contributed by atoms with Crippen LogP contribution >= 0.6 is 0 Å². The monoisotopic (exact) mass is 338 g/mol. The van der Waals surface area contributed by atoms with Gasteiger partial charge in [-0.25, -0.2) is 0 Å². The fraction of sp³-hybridized carbons (Fsp3) is 0.381. The molecule has 3 rings (SSSR count). The summed E-state index contributed by atoms with van der Waals surface area (Å²) in [5.74, 6) is 1.45. The topological polar surface area (TPSA) is 41.6 Å². The minimum absolute atomic E-state index is 0.0000477. The summed E-state index contributed by atoms with van der Waals surface area (Å²) in [5.41, 5.74) is 3.26. The van der Waals surface area contributed by atoms with Crippen molar-refractivity contribution < 1.29 is 9.53 Å². The van der Waals surface area contributed by atoms with Gasteiger partial charge < -0.3 is 15.0 Å². The number of rotatable bonds is 5. The van der Waals surface area contributed by atoms with Gasteiger partial charge in [-0.15, -0.1) is 0 Å². The van der Waals surface area contributed by atoms with Gasteiger partial charge in [-0.2, -0.15) is 0 Å². The Kier molecular flexibility index (Phi) is 5.71. The molecule has 0 spiro atoms. The number of nitrogens with one attached hydrogen (secondary N) is 1. The Morgan fingerprint density at radius 1 is 1.04 bits per heavy atom. The van der Waals surface area contributed by atoms with E-state index in [2.05, 4.69) is 29.6 Å². The molecule has 0 atom stereocenters. The lowest BCUT2D eigenvalue weighted by Gasteiger charge is -2.23. The number of hydrogen-bond donors (Lipinski definition) is 1. The Labute approximate surface area is 149 Å². The number of carbonyl (C=O) groups excluding carboxylic acids is 1. The minimum atomic E-state index is 0.0000477. The van der Waals surface area contributed by atoms with Gasteiger partial charge in [0.1, 0.15) is 12.4 Å². The summed E-state index contributed by atoms with van der Waals surface area (Å²) in [5, 5.41) is 3.41. The molecular weight excluding hydrogens is 312 g/mol. The maximum absolute atomic E-state index is 11.9. The Bertz CT molecular complexity index is 687. The number of carbonyl (C=O) groups is 1. The normalized spacial score (nSPS) is 15.0. The molecule has 1 saturated heterocycles. The van der Waals surface area contributed by atoms with Gasteiger partial charge in [0.15, 0.2) is 0 Å². The van der Waals surface area contributed by atoms with Crippen molar-refractivity contribution in [2.45, 2.75) is 25.4 Å². The number of piperidine rings is 1. The van der Waals surface area contributed by atoms with Crippen LogP contribution in [-0.2, 0) is 6.61 Å². The summed E-state index contributed by atoms with van der Waals surface area (Å²) in [6.07, 6.45) is 2.43. The molecule has 1 N–H and O–H groups in total. The predicted octanol–water partition coefficient (Wildman–Crippen LogP) is 3.43. The number of nitrogens with zero attached hydrogens (tertiary/aromatic N) is 1. The SMILES string of the molecule is CN(C)C(=O)c1ccc(OCc2ccc(C3CCNCC3)cc2)cc1. The van der Waals surface area contributed by atoms with Crippen molar-refractivity contribution in [1.29, 1.82) is 0 Å². The van der Waals surface area contributed by atoms with Crippen molar-refractivity contribution in [2.24, 2.45) is 0 Å². The molecule has 1 aliphatic heterocycles. The number of ether oxygens (including phenoxy) is 1. The van der Waals surface area contributed by atoms with Gasteiger partial charge in [-0.1, -0.05) is 24.3 Å². The summed E-state index contributed by atoms with van der Waals surface area (Å²) in [6, 6.07) is 16.1. The van der Waals surface area contributed by atoms with Crippen LogP contribution in [0.25, 0.3) is 0 Å². The molecule has 0 unspecified atom stereocenters. The molecule has 0 aromatic heterocycles. The first kappa shape index (κ1) is 17.5. The molecule has 2 aromatic rings. The Morgan fingerprint density at radius 2 is 1.68 bits per heavy atom. The van der Waals surface area contributed by atoms with Gasteiger partial charge in [-0.3, -0.25) is 4.79 Å². The molecule has 0 aliphatic carbocycles. The van der Waals surface area contributed by atoms with Crippen LogP contribution in [0.15, 0.2) is 48.5 Å². The van der Waals surface area contributed by atoms with Crippen molar-refractivity contribution in [3.05, 3.63) is 65.2 Å². The largest absolute Gasteiger partial charge is 0.489 e. The molecule has 25 heavy (non-hydrogen) atoms. The maximum atomic E-state index is 11.9. The van der Waals surface area contributed by atoms with E-state index in [1.165, 1.54) is 18.4 Å². The van der Waals surface area contributed by atoms with Crippen molar-refractivity contribution >= 4 is 5.91 Å². The zero-order valence-corrected chi connectivity index (χ0v) is 15.0. The number of hydrogen-bond acceptors (Lipinski definition) is 3. The summed E-state index contributed by atoms with van der Waals surface area (Å²) < 4.78 is 5.84. The lowest BCUT2D eigenvalue weighted by atomic mass is 9.90. The van der Waals surface area contributed by atoms with E-state index in [1.807, 2.05) is 12.1 Å². The van der Waals surface area contributed by atoms with Crippen LogP contribution in [0.1, 0.15) is 40.2 Å². The molecular formula is C21H26N2O2. The molecule has 0 saturated carbocycles. The van der Waals surface area contributed by atoms with Crippen LogP contribution in [0.2, 0.25) is 0 Å². The van der Waals surface area contributed by atoms with E-state index in [0.717, 1.165) is 24.4 Å². The summed E-state index contributed by atoms with van der Waals surface area (Å²) in [7, 11) is 3.50. The summed E-state index contributed by atoms with van der Waals surface area (Å²) in [4.78, 5) is 13.4. The van der Waals surface area contributed by atoms with Crippen LogP contribution < -0.4 is 10.1 Å². The fourth-order valence-electron chi connectivity index (χ4n) is 3.16. The Morgan fingerprint density at radius 3 is 2.28 bits per heavy atom. The maximum Gasteiger partial charge on any atom is 0.253 e. The minimum Gasteiger partial charge on any atom is -0.489 e. The average Bonchev–Trinajstić information content (AvgIpc) is 2.67. The highest BCUT2D eigenvalue weighted by molar-refractivity contribution is 5.93. The molecule has 0 bridgehead atoms. The third kappa shape index (κ3) is 4.60. The van der Waals surface area contributed by atoms with Crippen LogP contribution in [0.4, 0.5) is 0 Å². The second kappa shape index (κ2) is 8.17. The zero-order valence-electron chi connectivity index (χ0n) is 15.0. The lowest BCUT2D eigenvalue weighted by Crippen LogP contribution is -2.26. The molecule has 1 aliphatic rings. The Balaban J connectivity index is 1.55. The van der Waals surface area contributed by atoms with Gasteiger partial charge in [0.25, 0.3) is 5.91 Å². The molecule has 4 nitrogen and oxygen atoms in total. The molecule has 1 heterocycles. The predicted molar refractivity (Wildman–Crippen MR) is 100 cm³/mol. The van der Waals surface area contributed by atoms with E-state index >= 15 is 0 Å². The number of benzene rings is 2. The third-order valence-electron chi connectivity index (χ3n) is 4.70. The van der Waals surface area contributed by atoms with Crippen molar-refractivity contribution in [3.8, 4) is 5.75 Å². The molecule has 1 amide bonds. The quantitative estimate of drug-likeness (QED) is 0.908. The first-order valence-corrected chi connectivity index (χ1v) is 8.87. The third-order valence-corrected chi connectivity index (χ3v) is 4.70. The highest BCUT2D eigenvalue weighted by Gasteiger charge is 2.14. The van der Waals surface area contributed by atoms with E-state index in [-0.39, 0.29) is 5.91 Å². The van der Waals surface area contributed by atoms with E-state index in [1.54, 1.807) is 31.1 Å². The number of amides is 1. The van der Waals surface area contributed by atoms with Crippen LogP contribution in [0.3, 0.4) is 0 Å². The highest BCUT2D eigenvalue weighted by Crippen LogP contribution is 2.25. The van der Waals surface area contributed by atoms with Gasteiger partial charge in [0, 0.05) is 19.7 Å². The van der Waals surface area contributed by atoms with Crippen molar-refractivity contribution in [1.82, 2.24) is 10.2 Å². The molecule has 1 fully saturated rings. The van der Waals surface area contributed by atoms with Crippen LogP contribution in [-0.4, -0.2) is 38.0 Å². The van der Waals surface area contributed by atoms with E-state index in [0.29, 0.717) is 18.1 Å². The zero-order chi connectivity index (χ0) is 17.6. The summed E-state index contributed by atoms with van der Waals surface area (Å²) >= 11 is 0. The van der Waals surface area contributed by atoms with Gasteiger partial charge in [0.05, 0.1) is 0 Å². The molecule has 0 radical (unpaired) electrons. The first-order chi connectivity index (χ1) is 12.1. The van der Waals surface area contributed by atoms with E-state index < -0.39 is 0 Å². The Hall–Kier alpha value is -2.33. The van der Waals surface area contributed by atoms with Crippen LogP contribution in [0.5, 0.6) is 5.75 Å². The van der Waals surface area contributed by atoms with Crippen LogP contribution in [0, 0.1) is 0 Å². The van der Waals surface area contributed by atoms with Crippen molar-refractivity contribution in [3.63, 3.8) is 0 Å². The second-order valence-corrected chi connectivity index (χ2v) is 6.78. The van der Waals surface area contributed by atoms with Gasteiger partial charge in [-0.05, 0) is 67.2 Å². The lowest BCUT2D eigenvalue weighted by molar-refractivity contribution is 0.0827. The molecule has 132 valence electrons. The van der Waals surface area contributed by atoms with E-state index in [4.69, 9.17) is 4.74 Å². The highest BCUT2D eigenvalue weighted by atomic mass is 16.5. The average molecular weight is 338 g/mol. The second-order valence-electron chi connectivity index (χ2n) is 6.78. The summed E-state index contributed by atoms with van der Waals surface area (Å²) in [6.45, 7) is 2.76. The molecule has 2 aromatic carbocycles. The fourth-order valence-corrected chi connectivity index (χ4v) is 3.16. The van der Waals surface area contributed by atoms with E-state index in [9.17, 15) is 4.79 Å². The van der Waals surface area contributed by atoms with Crippen molar-refractivity contribution in [2.75, 3.05) is 27.2 Å².